The fourth-order valence-corrected chi connectivity index (χ4v) is 3.55. The van der Waals surface area contributed by atoms with Gasteiger partial charge < -0.3 is 4.57 Å². The lowest BCUT2D eigenvalue weighted by atomic mass is 10.2. The van der Waals surface area contributed by atoms with E-state index in [1.54, 1.807) is 22.8 Å². The molecule has 6 nitrogen and oxygen atoms in total. The highest BCUT2D eigenvalue weighted by molar-refractivity contribution is 7.16. The van der Waals surface area contributed by atoms with Gasteiger partial charge in [0, 0.05) is 24.8 Å². The topological polar surface area (TPSA) is 77.5 Å². The van der Waals surface area contributed by atoms with Gasteiger partial charge in [-0.25, -0.2) is 4.39 Å². The van der Waals surface area contributed by atoms with Gasteiger partial charge in [-0.1, -0.05) is 29.5 Å². The molecule has 27 heavy (non-hydrogen) atoms. The van der Waals surface area contributed by atoms with Gasteiger partial charge in [0.05, 0.1) is 15.1 Å². The Bertz CT molecular complexity index is 1140. The second-order valence-corrected chi connectivity index (χ2v) is 6.54. The molecule has 3 aromatic rings. The smallest absolute Gasteiger partial charge is 0.272 e. The Hall–Kier alpha value is -3.39. The summed E-state index contributed by atoms with van der Waals surface area (Å²) in [6.07, 6.45) is 4.36. The quantitative estimate of drug-likeness (QED) is 0.288. The normalized spacial score (nSPS) is 12.0. The SMILES string of the molecule is C=CCn1c(=NC(=O)C=Cc2cccc([N+](=O)[O-])c2)sc2cc(F)ccc21. The number of benzene rings is 2. The van der Waals surface area contributed by atoms with Crippen molar-refractivity contribution in [2.75, 3.05) is 0 Å². The van der Waals surface area contributed by atoms with Gasteiger partial charge in [0.15, 0.2) is 4.80 Å². The lowest BCUT2D eigenvalue weighted by Gasteiger charge is -2.00. The molecule has 3 rings (SSSR count). The Balaban J connectivity index is 1.95. The summed E-state index contributed by atoms with van der Waals surface area (Å²) in [6, 6.07) is 10.3. The number of amides is 1. The van der Waals surface area contributed by atoms with Crippen molar-refractivity contribution in [2.45, 2.75) is 6.54 Å². The standard InChI is InChI=1S/C19H14FN3O3S/c1-2-10-22-16-8-7-14(20)12-17(16)27-19(22)21-18(24)9-6-13-4-3-5-15(11-13)23(25)26/h2-9,11-12H,1,10H2. The third-order valence-electron chi connectivity index (χ3n) is 3.66. The van der Waals surface area contributed by atoms with Crippen LogP contribution in [0.5, 0.6) is 0 Å². The second-order valence-electron chi connectivity index (χ2n) is 5.53. The van der Waals surface area contributed by atoms with E-state index in [0.29, 0.717) is 21.6 Å². The molecule has 0 N–H and O–H groups in total. The van der Waals surface area contributed by atoms with Crippen molar-refractivity contribution in [3.63, 3.8) is 0 Å². The number of carbonyl (C=O) groups is 1. The minimum atomic E-state index is -0.522. The van der Waals surface area contributed by atoms with E-state index < -0.39 is 10.8 Å². The third kappa shape index (κ3) is 4.24. The number of nitrogens with zero attached hydrogens (tertiary/aromatic N) is 3. The first kappa shape index (κ1) is 18.4. The molecule has 0 saturated heterocycles. The van der Waals surface area contributed by atoms with E-state index in [9.17, 15) is 19.3 Å². The summed E-state index contributed by atoms with van der Waals surface area (Å²) in [5, 5.41) is 10.8. The van der Waals surface area contributed by atoms with Crippen LogP contribution in [0, 0.1) is 15.9 Å². The fraction of sp³-hybridized carbons (Fsp3) is 0.0526. The summed E-state index contributed by atoms with van der Waals surface area (Å²) in [4.78, 5) is 27.0. The molecule has 0 saturated carbocycles. The first-order valence-corrected chi connectivity index (χ1v) is 8.70. The van der Waals surface area contributed by atoms with Crippen molar-refractivity contribution in [3.05, 3.63) is 87.5 Å². The van der Waals surface area contributed by atoms with E-state index in [2.05, 4.69) is 11.6 Å². The van der Waals surface area contributed by atoms with Gasteiger partial charge in [-0.3, -0.25) is 14.9 Å². The maximum absolute atomic E-state index is 13.4. The van der Waals surface area contributed by atoms with Crippen LogP contribution in [0.15, 0.2) is 66.2 Å². The number of allylic oxidation sites excluding steroid dienone is 1. The maximum Gasteiger partial charge on any atom is 0.272 e. The van der Waals surface area contributed by atoms with Crippen LogP contribution in [0.3, 0.4) is 0 Å². The van der Waals surface area contributed by atoms with Crippen molar-refractivity contribution in [2.24, 2.45) is 4.99 Å². The number of halogens is 1. The third-order valence-corrected chi connectivity index (χ3v) is 4.70. The number of aromatic nitrogens is 1. The Morgan fingerprint density at radius 2 is 2.15 bits per heavy atom. The number of nitro benzene ring substituents is 1. The van der Waals surface area contributed by atoms with Gasteiger partial charge in [-0.2, -0.15) is 4.99 Å². The van der Waals surface area contributed by atoms with Crippen LogP contribution < -0.4 is 4.80 Å². The Kier molecular flexibility index (Phi) is 5.37. The molecule has 0 radical (unpaired) electrons. The van der Waals surface area contributed by atoms with Crippen LogP contribution in [0.4, 0.5) is 10.1 Å². The molecule has 0 atom stereocenters. The predicted octanol–water partition coefficient (Wildman–Crippen LogP) is 4.08. The minimum absolute atomic E-state index is 0.0584. The predicted molar refractivity (Wildman–Crippen MR) is 103 cm³/mol. The molecular formula is C19H14FN3O3S. The van der Waals surface area contributed by atoms with Gasteiger partial charge in [0.1, 0.15) is 5.82 Å². The number of carbonyl (C=O) groups excluding carboxylic acids is 1. The largest absolute Gasteiger partial charge is 0.312 e. The first-order chi connectivity index (χ1) is 13.0. The minimum Gasteiger partial charge on any atom is -0.312 e. The van der Waals surface area contributed by atoms with Gasteiger partial charge in [0.2, 0.25) is 0 Å². The van der Waals surface area contributed by atoms with Gasteiger partial charge in [-0.15, -0.1) is 6.58 Å². The zero-order chi connectivity index (χ0) is 19.4. The van der Waals surface area contributed by atoms with E-state index >= 15 is 0 Å². The van der Waals surface area contributed by atoms with Crippen LogP contribution in [0.25, 0.3) is 16.3 Å². The molecule has 2 aromatic carbocycles. The summed E-state index contributed by atoms with van der Waals surface area (Å²) in [5.41, 5.74) is 1.22. The van der Waals surface area contributed by atoms with E-state index in [4.69, 9.17) is 0 Å². The van der Waals surface area contributed by atoms with Gasteiger partial charge in [0.25, 0.3) is 11.6 Å². The zero-order valence-electron chi connectivity index (χ0n) is 14.0. The lowest BCUT2D eigenvalue weighted by Crippen LogP contribution is -2.15. The Morgan fingerprint density at radius 1 is 1.33 bits per heavy atom. The molecule has 1 aromatic heterocycles. The number of fused-ring (bicyclic) bond motifs is 1. The van der Waals surface area contributed by atoms with Gasteiger partial charge >= 0.3 is 0 Å². The molecule has 0 aliphatic carbocycles. The Morgan fingerprint density at radius 3 is 2.89 bits per heavy atom. The Labute approximate surface area is 157 Å². The monoisotopic (exact) mass is 383 g/mol. The number of non-ortho nitro benzene ring substituents is 1. The molecule has 8 heteroatoms. The van der Waals surface area contributed by atoms with E-state index in [1.807, 2.05) is 0 Å². The number of thiazole rings is 1. The first-order valence-electron chi connectivity index (χ1n) is 7.89. The molecule has 136 valence electrons. The van der Waals surface area contributed by atoms with Crippen molar-refractivity contribution in [1.82, 2.24) is 4.57 Å². The molecule has 0 fully saturated rings. The highest BCUT2D eigenvalue weighted by Crippen LogP contribution is 2.19. The zero-order valence-corrected chi connectivity index (χ0v) is 14.9. The second kappa shape index (κ2) is 7.88. The van der Waals surface area contributed by atoms with Crippen LogP contribution in [-0.2, 0) is 11.3 Å². The van der Waals surface area contributed by atoms with E-state index in [0.717, 1.165) is 5.52 Å². The fourth-order valence-electron chi connectivity index (χ4n) is 2.48. The summed E-state index contributed by atoms with van der Waals surface area (Å²) in [6.45, 7) is 4.12. The van der Waals surface area contributed by atoms with E-state index in [-0.39, 0.29) is 11.5 Å². The van der Waals surface area contributed by atoms with Crippen molar-refractivity contribution in [1.29, 1.82) is 0 Å². The average molecular weight is 383 g/mol. The highest BCUT2D eigenvalue weighted by atomic mass is 32.1. The molecule has 1 heterocycles. The number of hydrogen-bond donors (Lipinski definition) is 0. The molecule has 0 unspecified atom stereocenters. The molecule has 0 aliphatic heterocycles. The molecule has 0 bridgehead atoms. The van der Waals surface area contributed by atoms with Gasteiger partial charge in [-0.05, 0) is 29.8 Å². The van der Waals surface area contributed by atoms with Crippen LogP contribution in [0.1, 0.15) is 5.56 Å². The maximum atomic E-state index is 13.4. The number of rotatable bonds is 5. The van der Waals surface area contributed by atoms with Crippen molar-refractivity contribution >= 4 is 39.2 Å². The molecule has 0 aliphatic rings. The molecule has 1 amide bonds. The number of hydrogen-bond acceptors (Lipinski definition) is 4. The summed E-state index contributed by atoms with van der Waals surface area (Å²) in [7, 11) is 0. The average Bonchev–Trinajstić information content (AvgIpc) is 2.97. The molecular weight excluding hydrogens is 369 g/mol. The van der Waals surface area contributed by atoms with Crippen molar-refractivity contribution in [3.8, 4) is 0 Å². The summed E-state index contributed by atoms with van der Waals surface area (Å²) < 4.78 is 15.9. The summed E-state index contributed by atoms with van der Waals surface area (Å²) in [5.74, 6) is -0.885. The summed E-state index contributed by atoms with van der Waals surface area (Å²) >= 11 is 1.20. The van der Waals surface area contributed by atoms with Crippen LogP contribution >= 0.6 is 11.3 Å². The number of nitro groups is 1. The van der Waals surface area contributed by atoms with Crippen molar-refractivity contribution < 1.29 is 14.1 Å². The highest BCUT2D eigenvalue weighted by Gasteiger charge is 2.08. The molecule has 0 spiro atoms. The van der Waals surface area contributed by atoms with E-state index in [1.165, 1.54) is 53.8 Å². The van der Waals surface area contributed by atoms with Crippen LogP contribution in [0.2, 0.25) is 0 Å². The van der Waals surface area contributed by atoms with Crippen LogP contribution in [-0.4, -0.2) is 15.4 Å². The lowest BCUT2D eigenvalue weighted by molar-refractivity contribution is -0.384.